The highest BCUT2D eigenvalue weighted by Crippen LogP contribution is 2.39. The van der Waals surface area contributed by atoms with E-state index in [4.69, 9.17) is 14.5 Å². The summed E-state index contributed by atoms with van der Waals surface area (Å²) in [5, 5.41) is 7.64. The Morgan fingerprint density at radius 1 is 1.16 bits per heavy atom. The highest BCUT2D eigenvalue weighted by molar-refractivity contribution is 5.46. The Labute approximate surface area is 148 Å². The topological polar surface area (TPSA) is 63.3 Å². The molecule has 1 saturated heterocycles. The lowest BCUT2D eigenvalue weighted by molar-refractivity contribution is 0.194. The van der Waals surface area contributed by atoms with Gasteiger partial charge in [0, 0.05) is 30.5 Å². The van der Waals surface area contributed by atoms with Crippen molar-refractivity contribution in [2.45, 2.75) is 44.1 Å². The van der Waals surface area contributed by atoms with Gasteiger partial charge in [0.05, 0.1) is 14.2 Å². The van der Waals surface area contributed by atoms with Crippen molar-refractivity contribution >= 4 is 0 Å². The molecule has 1 atom stereocenters. The zero-order valence-corrected chi connectivity index (χ0v) is 15.0. The highest BCUT2D eigenvalue weighted by atomic mass is 16.5. The van der Waals surface area contributed by atoms with Crippen molar-refractivity contribution in [3.63, 3.8) is 0 Å². The van der Waals surface area contributed by atoms with Gasteiger partial charge in [0.15, 0.2) is 17.3 Å². The maximum atomic E-state index is 5.58. The minimum absolute atomic E-state index is 0.411. The molecule has 2 fully saturated rings. The van der Waals surface area contributed by atoms with E-state index >= 15 is 0 Å². The van der Waals surface area contributed by atoms with Crippen LogP contribution in [0.4, 0.5) is 0 Å². The molecule has 1 saturated carbocycles. The fraction of sp³-hybridized carbons (Fsp3) is 0.579. The van der Waals surface area contributed by atoms with E-state index in [9.17, 15) is 0 Å². The molecule has 0 radical (unpaired) electrons. The lowest BCUT2D eigenvalue weighted by Gasteiger charge is -2.31. The lowest BCUT2D eigenvalue weighted by atomic mass is 9.97. The Balaban J connectivity index is 1.46. The van der Waals surface area contributed by atoms with Gasteiger partial charge in [-0.2, -0.15) is 5.10 Å². The molecular weight excluding hydrogens is 316 g/mol. The Hall–Kier alpha value is -2.08. The molecule has 134 valence electrons. The predicted octanol–water partition coefficient (Wildman–Crippen LogP) is 3.08. The summed E-state index contributed by atoms with van der Waals surface area (Å²) in [7, 11) is 3.38. The number of likely N-dealkylation sites (tertiary alicyclic amines) is 1. The molecule has 1 aliphatic heterocycles. The van der Waals surface area contributed by atoms with Gasteiger partial charge in [0.2, 0.25) is 0 Å². The SMILES string of the molecule is COc1cccc(CN2CCC[C@@H](c3n[nH]c(C4CC4)n3)C2)c1OC. The molecular formula is C19H26N4O2. The molecule has 6 nitrogen and oxygen atoms in total. The third kappa shape index (κ3) is 3.49. The fourth-order valence-corrected chi connectivity index (χ4v) is 3.74. The van der Waals surface area contributed by atoms with Crippen molar-refractivity contribution in [2.24, 2.45) is 0 Å². The molecule has 0 unspecified atom stereocenters. The van der Waals surface area contributed by atoms with Gasteiger partial charge in [-0.25, -0.2) is 4.98 Å². The van der Waals surface area contributed by atoms with E-state index in [0.29, 0.717) is 11.8 Å². The van der Waals surface area contributed by atoms with Gasteiger partial charge < -0.3 is 9.47 Å². The Morgan fingerprint density at radius 3 is 2.80 bits per heavy atom. The van der Waals surface area contributed by atoms with E-state index in [1.807, 2.05) is 12.1 Å². The van der Waals surface area contributed by atoms with Crippen LogP contribution in [-0.2, 0) is 6.54 Å². The molecule has 0 bridgehead atoms. The zero-order valence-electron chi connectivity index (χ0n) is 15.0. The monoisotopic (exact) mass is 342 g/mol. The van der Waals surface area contributed by atoms with Gasteiger partial charge in [-0.1, -0.05) is 12.1 Å². The molecule has 1 aromatic carbocycles. The van der Waals surface area contributed by atoms with Gasteiger partial charge in [0.25, 0.3) is 0 Å². The summed E-state index contributed by atoms with van der Waals surface area (Å²) in [4.78, 5) is 7.23. The first-order valence-corrected chi connectivity index (χ1v) is 9.13. The number of nitrogens with zero attached hydrogens (tertiary/aromatic N) is 3. The van der Waals surface area contributed by atoms with E-state index in [0.717, 1.165) is 54.8 Å². The molecule has 0 spiro atoms. The van der Waals surface area contributed by atoms with Crippen molar-refractivity contribution in [2.75, 3.05) is 27.3 Å². The number of para-hydroxylation sites is 1. The largest absolute Gasteiger partial charge is 0.493 e. The van der Waals surface area contributed by atoms with Crippen LogP contribution in [0.1, 0.15) is 54.7 Å². The summed E-state index contributed by atoms with van der Waals surface area (Å²) >= 11 is 0. The fourth-order valence-electron chi connectivity index (χ4n) is 3.74. The minimum atomic E-state index is 0.411. The molecule has 2 aliphatic rings. The summed E-state index contributed by atoms with van der Waals surface area (Å²) < 4.78 is 11.0. The van der Waals surface area contributed by atoms with E-state index in [1.165, 1.54) is 19.3 Å². The predicted molar refractivity (Wildman–Crippen MR) is 95.2 cm³/mol. The van der Waals surface area contributed by atoms with Gasteiger partial charge in [0.1, 0.15) is 5.82 Å². The number of nitrogens with one attached hydrogen (secondary N) is 1. The number of benzene rings is 1. The average Bonchev–Trinajstić information content (AvgIpc) is 3.38. The minimum Gasteiger partial charge on any atom is -0.493 e. The number of aromatic nitrogens is 3. The quantitative estimate of drug-likeness (QED) is 0.874. The van der Waals surface area contributed by atoms with Crippen LogP contribution >= 0.6 is 0 Å². The smallest absolute Gasteiger partial charge is 0.165 e. The molecule has 0 amide bonds. The van der Waals surface area contributed by atoms with E-state index < -0.39 is 0 Å². The Kier molecular flexibility index (Phi) is 4.61. The summed E-state index contributed by atoms with van der Waals surface area (Å²) in [6.45, 7) is 2.94. The molecule has 25 heavy (non-hydrogen) atoms. The van der Waals surface area contributed by atoms with Crippen LogP contribution in [0.5, 0.6) is 11.5 Å². The highest BCUT2D eigenvalue weighted by Gasteiger charge is 2.30. The third-order valence-corrected chi connectivity index (χ3v) is 5.23. The average molecular weight is 342 g/mol. The standard InChI is InChI=1S/C19H26N4O2/c1-24-16-7-3-5-14(17(16)25-2)11-23-10-4-6-15(12-23)19-20-18(21-22-19)13-8-9-13/h3,5,7,13,15H,4,6,8-12H2,1-2H3,(H,20,21,22)/t15-/m1/s1. The van der Waals surface area contributed by atoms with Crippen LogP contribution < -0.4 is 9.47 Å². The second-order valence-corrected chi connectivity index (χ2v) is 7.08. The van der Waals surface area contributed by atoms with E-state index in [1.54, 1.807) is 14.2 Å². The van der Waals surface area contributed by atoms with E-state index in [-0.39, 0.29) is 0 Å². The summed E-state index contributed by atoms with van der Waals surface area (Å²) in [6, 6.07) is 6.08. The number of ether oxygens (including phenoxy) is 2. The number of piperidine rings is 1. The molecule has 6 heteroatoms. The van der Waals surface area contributed by atoms with Gasteiger partial charge in [-0.15, -0.1) is 0 Å². The second kappa shape index (κ2) is 7.04. The number of hydrogen-bond donors (Lipinski definition) is 1. The third-order valence-electron chi connectivity index (χ3n) is 5.23. The lowest BCUT2D eigenvalue weighted by Crippen LogP contribution is -2.34. The Morgan fingerprint density at radius 2 is 2.04 bits per heavy atom. The van der Waals surface area contributed by atoms with Crippen LogP contribution in [-0.4, -0.2) is 47.4 Å². The van der Waals surface area contributed by atoms with Crippen LogP contribution in [0.2, 0.25) is 0 Å². The van der Waals surface area contributed by atoms with Crippen LogP contribution in [0.3, 0.4) is 0 Å². The Bertz CT molecular complexity index is 726. The van der Waals surface area contributed by atoms with Crippen molar-refractivity contribution < 1.29 is 9.47 Å². The zero-order chi connectivity index (χ0) is 17.2. The van der Waals surface area contributed by atoms with Crippen LogP contribution in [0, 0.1) is 0 Å². The number of methoxy groups -OCH3 is 2. The molecule has 4 rings (SSSR count). The maximum absolute atomic E-state index is 5.58. The van der Waals surface area contributed by atoms with Crippen molar-refractivity contribution in [3.8, 4) is 11.5 Å². The maximum Gasteiger partial charge on any atom is 0.165 e. The molecule has 1 aromatic heterocycles. The van der Waals surface area contributed by atoms with Crippen LogP contribution in [0.25, 0.3) is 0 Å². The molecule has 2 heterocycles. The van der Waals surface area contributed by atoms with Crippen molar-refractivity contribution in [3.05, 3.63) is 35.4 Å². The first-order chi connectivity index (χ1) is 12.3. The summed E-state index contributed by atoms with van der Waals surface area (Å²) in [5.41, 5.74) is 1.16. The molecule has 1 aliphatic carbocycles. The van der Waals surface area contributed by atoms with Crippen molar-refractivity contribution in [1.82, 2.24) is 20.1 Å². The number of aromatic amines is 1. The molecule has 1 N–H and O–H groups in total. The first kappa shape index (κ1) is 16.4. The summed E-state index contributed by atoms with van der Waals surface area (Å²) in [6.07, 6.45) is 4.83. The first-order valence-electron chi connectivity index (χ1n) is 9.13. The van der Waals surface area contributed by atoms with Crippen molar-refractivity contribution in [1.29, 1.82) is 0 Å². The van der Waals surface area contributed by atoms with Gasteiger partial charge in [-0.05, 0) is 38.3 Å². The number of rotatable bonds is 6. The summed E-state index contributed by atoms with van der Waals surface area (Å²) in [5.74, 6) is 4.74. The van der Waals surface area contributed by atoms with Gasteiger partial charge >= 0.3 is 0 Å². The normalized spacial score (nSPS) is 21.3. The van der Waals surface area contributed by atoms with Gasteiger partial charge in [-0.3, -0.25) is 10.00 Å². The van der Waals surface area contributed by atoms with Crippen LogP contribution in [0.15, 0.2) is 18.2 Å². The molecule has 2 aromatic rings. The second-order valence-electron chi connectivity index (χ2n) is 7.08. The van der Waals surface area contributed by atoms with E-state index in [2.05, 4.69) is 21.2 Å². The number of H-pyrrole nitrogens is 1. The number of hydrogen-bond acceptors (Lipinski definition) is 5.